The molecule has 0 fully saturated rings. The van der Waals surface area contributed by atoms with Gasteiger partial charge in [-0.3, -0.25) is 0 Å². The molecule has 0 saturated carbocycles. The van der Waals surface area contributed by atoms with Crippen molar-refractivity contribution in [2.45, 2.75) is 19.3 Å². The molecule has 0 N–H and O–H groups in total. The molecule has 2 aromatic heterocycles. The number of thiophene rings is 2. The maximum absolute atomic E-state index is 4.15. The van der Waals surface area contributed by atoms with Crippen molar-refractivity contribution in [1.29, 1.82) is 0 Å². The molecule has 0 aromatic carbocycles. The largest absolute Gasteiger partial charge is 0.148 e. The zero-order chi connectivity index (χ0) is 10.9. The molecule has 0 nitrogen and oxygen atoms in total. The van der Waals surface area contributed by atoms with Crippen LogP contribution in [0.3, 0.4) is 0 Å². The van der Waals surface area contributed by atoms with Gasteiger partial charge in [0, 0.05) is 9.75 Å². The van der Waals surface area contributed by atoms with Crippen molar-refractivity contribution in [3.05, 3.63) is 56.9 Å². The van der Waals surface area contributed by atoms with Crippen molar-refractivity contribution in [2.24, 2.45) is 0 Å². The van der Waals surface area contributed by atoms with Gasteiger partial charge >= 0.3 is 0 Å². The monoisotopic (exact) mass is 234 g/mol. The van der Waals surface area contributed by atoms with E-state index in [0.717, 1.165) is 0 Å². The second kappa shape index (κ2) is 3.95. The van der Waals surface area contributed by atoms with Gasteiger partial charge in [0.05, 0.1) is 5.41 Å². The zero-order valence-electron chi connectivity index (χ0n) is 8.99. The van der Waals surface area contributed by atoms with Crippen LogP contribution >= 0.6 is 22.7 Å². The Kier molecular flexibility index (Phi) is 2.81. The average molecular weight is 234 g/mol. The third-order valence-corrected chi connectivity index (χ3v) is 5.06. The Labute approximate surface area is 98.9 Å². The minimum absolute atomic E-state index is 0.0116. The number of hydrogen-bond acceptors (Lipinski definition) is 2. The minimum atomic E-state index is -0.0116. The molecule has 0 unspecified atom stereocenters. The van der Waals surface area contributed by atoms with Gasteiger partial charge in [0.2, 0.25) is 0 Å². The lowest BCUT2D eigenvalue weighted by molar-refractivity contribution is 0.708. The molecule has 0 spiro atoms. The van der Waals surface area contributed by atoms with Crippen LogP contribution < -0.4 is 0 Å². The van der Waals surface area contributed by atoms with Crippen LogP contribution in [-0.4, -0.2) is 0 Å². The van der Waals surface area contributed by atoms with Crippen LogP contribution in [0.5, 0.6) is 0 Å². The maximum Gasteiger partial charge on any atom is 0.0565 e. The van der Waals surface area contributed by atoms with Gasteiger partial charge in [-0.1, -0.05) is 24.3 Å². The van der Waals surface area contributed by atoms with Crippen molar-refractivity contribution in [2.75, 3.05) is 0 Å². The Bertz CT molecular complexity index is 401. The van der Waals surface area contributed by atoms with Crippen molar-refractivity contribution >= 4 is 22.7 Å². The van der Waals surface area contributed by atoms with Crippen LogP contribution in [0.4, 0.5) is 0 Å². The fourth-order valence-electron chi connectivity index (χ4n) is 1.67. The van der Waals surface area contributed by atoms with Crippen LogP contribution in [0.25, 0.3) is 0 Å². The van der Waals surface area contributed by atoms with Gasteiger partial charge in [0.1, 0.15) is 0 Å². The molecular weight excluding hydrogens is 220 g/mol. The average Bonchev–Trinajstić information content (AvgIpc) is 2.89. The normalized spacial score (nSPS) is 11.6. The first kappa shape index (κ1) is 10.7. The highest BCUT2D eigenvalue weighted by atomic mass is 32.1. The Morgan fingerprint density at radius 2 is 1.60 bits per heavy atom. The highest BCUT2D eigenvalue weighted by Crippen LogP contribution is 2.42. The summed E-state index contributed by atoms with van der Waals surface area (Å²) in [4.78, 5) is 2.75. The first-order valence-corrected chi connectivity index (χ1v) is 6.65. The van der Waals surface area contributed by atoms with E-state index >= 15 is 0 Å². The Morgan fingerprint density at radius 3 is 1.87 bits per heavy atom. The van der Waals surface area contributed by atoms with Gasteiger partial charge in [0.15, 0.2) is 0 Å². The topological polar surface area (TPSA) is 0 Å². The number of rotatable bonds is 3. The first-order chi connectivity index (χ1) is 7.15. The molecule has 0 aliphatic carbocycles. The molecule has 2 heterocycles. The van der Waals surface area contributed by atoms with E-state index in [2.05, 4.69) is 55.5 Å². The fraction of sp³-hybridized carbons (Fsp3) is 0.231. The van der Waals surface area contributed by atoms with Crippen LogP contribution in [0, 0.1) is 0 Å². The van der Waals surface area contributed by atoms with Crippen molar-refractivity contribution in [3.8, 4) is 0 Å². The van der Waals surface area contributed by atoms with E-state index in [9.17, 15) is 0 Å². The Balaban J connectivity index is 2.56. The van der Waals surface area contributed by atoms with Gasteiger partial charge in [-0.2, -0.15) is 0 Å². The molecule has 2 aromatic rings. The molecule has 0 radical (unpaired) electrons. The smallest absolute Gasteiger partial charge is 0.0565 e. The van der Waals surface area contributed by atoms with E-state index in [-0.39, 0.29) is 5.41 Å². The van der Waals surface area contributed by atoms with Crippen LogP contribution in [0.2, 0.25) is 0 Å². The molecule has 2 rings (SSSR count). The molecule has 15 heavy (non-hydrogen) atoms. The molecule has 0 bridgehead atoms. The van der Waals surface area contributed by atoms with Gasteiger partial charge in [-0.05, 0) is 36.7 Å². The summed E-state index contributed by atoms with van der Waals surface area (Å²) in [5, 5.41) is 4.26. The summed E-state index contributed by atoms with van der Waals surface area (Å²) in [5.41, 5.74) is 1.19. The molecule has 2 heteroatoms. The van der Waals surface area contributed by atoms with E-state index < -0.39 is 0 Å². The van der Waals surface area contributed by atoms with Gasteiger partial charge < -0.3 is 0 Å². The molecule has 78 valence electrons. The maximum atomic E-state index is 4.15. The second-order valence-electron chi connectivity index (χ2n) is 3.86. The quantitative estimate of drug-likeness (QED) is 0.676. The SMILES string of the molecule is C=C(C)C(C)(c1cccs1)c1cccs1. The molecular formula is C13H14S2. The standard InChI is InChI=1S/C13H14S2/c1-10(2)13(3,11-6-4-8-14-11)12-7-5-9-15-12/h4-9H,1H2,2-3H3. The van der Waals surface area contributed by atoms with Crippen molar-refractivity contribution in [3.63, 3.8) is 0 Å². The van der Waals surface area contributed by atoms with Gasteiger partial charge in [-0.15, -0.1) is 22.7 Å². The lowest BCUT2D eigenvalue weighted by Gasteiger charge is -2.28. The summed E-state index contributed by atoms with van der Waals surface area (Å²) in [6.45, 7) is 8.52. The fourth-order valence-corrected chi connectivity index (χ4v) is 3.69. The van der Waals surface area contributed by atoms with E-state index in [4.69, 9.17) is 0 Å². The predicted octanol–water partition coefficient (Wildman–Crippen LogP) is 4.69. The number of hydrogen-bond donors (Lipinski definition) is 0. The predicted molar refractivity (Wildman–Crippen MR) is 69.9 cm³/mol. The van der Waals surface area contributed by atoms with Crippen molar-refractivity contribution in [1.82, 2.24) is 0 Å². The van der Waals surface area contributed by atoms with E-state index in [1.807, 2.05) is 0 Å². The van der Waals surface area contributed by atoms with Crippen LogP contribution in [0.1, 0.15) is 23.6 Å². The highest BCUT2D eigenvalue weighted by Gasteiger charge is 2.31. The molecule has 0 aliphatic rings. The lowest BCUT2D eigenvalue weighted by Crippen LogP contribution is -2.21. The minimum Gasteiger partial charge on any atom is -0.148 e. The number of allylic oxidation sites excluding steroid dienone is 1. The summed E-state index contributed by atoms with van der Waals surface area (Å²) >= 11 is 3.60. The van der Waals surface area contributed by atoms with E-state index in [0.29, 0.717) is 0 Å². The van der Waals surface area contributed by atoms with Gasteiger partial charge in [0.25, 0.3) is 0 Å². The second-order valence-corrected chi connectivity index (χ2v) is 5.76. The lowest BCUT2D eigenvalue weighted by atomic mass is 9.81. The Morgan fingerprint density at radius 1 is 1.13 bits per heavy atom. The molecule has 0 saturated heterocycles. The summed E-state index contributed by atoms with van der Waals surface area (Å²) < 4.78 is 0. The van der Waals surface area contributed by atoms with Crippen LogP contribution in [0.15, 0.2) is 47.2 Å². The Hall–Kier alpha value is -0.860. The highest BCUT2D eigenvalue weighted by molar-refractivity contribution is 7.11. The van der Waals surface area contributed by atoms with E-state index in [1.54, 1.807) is 22.7 Å². The zero-order valence-corrected chi connectivity index (χ0v) is 10.6. The summed E-state index contributed by atoms with van der Waals surface area (Å²) in [5.74, 6) is 0. The van der Waals surface area contributed by atoms with E-state index in [1.165, 1.54) is 15.3 Å². The summed E-state index contributed by atoms with van der Waals surface area (Å²) in [6.07, 6.45) is 0. The van der Waals surface area contributed by atoms with Crippen LogP contribution in [-0.2, 0) is 5.41 Å². The van der Waals surface area contributed by atoms with Crippen molar-refractivity contribution < 1.29 is 0 Å². The summed E-state index contributed by atoms with van der Waals surface area (Å²) in [7, 11) is 0. The third-order valence-electron chi connectivity index (χ3n) is 2.88. The molecule has 0 atom stereocenters. The third kappa shape index (κ3) is 1.68. The molecule has 0 aliphatic heterocycles. The summed E-state index contributed by atoms with van der Waals surface area (Å²) in [6, 6.07) is 8.60. The first-order valence-electron chi connectivity index (χ1n) is 4.89. The molecule has 0 amide bonds. The van der Waals surface area contributed by atoms with Gasteiger partial charge in [-0.25, -0.2) is 0 Å².